The van der Waals surface area contributed by atoms with Crippen molar-refractivity contribution in [2.24, 2.45) is 0 Å². The highest BCUT2D eigenvalue weighted by molar-refractivity contribution is 6.70. The highest BCUT2D eigenvalue weighted by atomic mass is 35.6. The molecule has 6 aromatic carbocycles. The van der Waals surface area contributed by atoms with Crippen LogP contribution in [-0.2, 0) is 6.18 Å². The van der Waals surface area contributed by atoms with Crippen LogP contribution in [0.5, 0.6) is 5.75 Å². The zero-order valence-electron chi connectivity index (χ0n) is 41.9. The van der Waals surface area contributed by atoms with Crippen LogP contribution in [0.25, 0.3) is 0 Å². The zero-order chi connectivity index (χ0) is 67.9. The minimum absolute atomic E-state index is 0.166. The van der Waals surface area contributed by atoms with Crippen molar-refractivity contribution in [3.8, 4) is 5.75 Å². The minimum atomic E-state index is -4.77. The SMILES string of the molecule is CC(O)c1ccc(C(F)(F)F)cc1.OC(c1c(F)c(F)c(F)c(F)c1F)C(Cl)(Cl)Cl.OC(c1ccc(F)cc1)C(Cl)(Cl)Cl.OC(c1ccc(F)cc1F)C(Cl)(Cl)Cl.OC(c1ccc(OC(F)(F)F)cc1)C(Cl)(Cl)Cl.O[C@H](c1ccc(F)cc1)C(Cl)(Cl)Cl. The van der Waals surface area contributed by atoms with Crippen molar-refractivity contribution in [1.82, 2.24) is 0 Å². The molecule has 0 aliphatic heterocycles. The van der Waals surface area contributed by atoms with E-state index in [1.807, 2.05) is 0 Å². The Morgan fingerprint density at radius 2 is 0.632 bits per heavy atom. The molecule has 0 heterocycles. The molecule has 6 atom stereocenters. The van der Waals surface area contributed by atoms with Crippen LogP contribution in [0.4, 0.5) is 65.9 Å². The molecule has 37 heteroatoms. The van der Waals surface area contributed by atoms with Gasteiger partial charge in [-0.3, -0.25) is 0 Å². The second-order valence-corrected chi connectivity index (χ2v) is 28.2. The van der Waals surface area contributed by atoms with Crippen LogP contribution in [0.3, 0.4) is 0 Å². The number of hydrogen-bond donors (Lipinski definition) is 6. The Morgan fingerprint density at radius 3 is 0.908 bits per heavy atom. The fourth-order valence-corrected chi connectivity index (χ4v) is 7.40. The van der Waals surface area contributed by atoms with Gasteiger partial charge in [-0.1, -0.05) is 229 Å². The molecule has 0 aromatic heterocycles. The quantitative estimate of drug-likeness (QED) is 0.0406. The second-order valence-electron chi connectivity index (χ2n) is 16.4. The monoisotopic (exact) mass is 1560 g/mol. The van der Waals surface area contributed by atoms with Crippen molar-refractivity contribution in [3.05, 3.63) is 207 Å². The molecule has 0 bridgehead atoms. The van der Waals surface area contributed by atoms with Gasteiger partial charge in [0.25, 0.3) is 0 Å². The molecular formula is C50H34Cl15F15O7. The van der Waals surface area contributed by atoms with E-state index in [2.05, 4.69) is 4.74 Å². The molecule has 7 nitrogen and oxygen atoms in total. The molecule has 0 spiro atoms. The molecule has 486 valence electrons. The van der Waals surface area contributed by atoms with Crippen LogP contribution in [0, 0.1) is 52.4 Å². The van der Waals surface area contributed by atoms with Crippen LogP contribution >= 0.6 is 174 Å². The van der Waals surface area contributed by atoms with Gasteiger partial charge < -0.3 is 35.4 Å². The lowest BCUT2D eigenvalue weighted by atomic mass is 10.1. The third kappa shape index (κ3) is 28.9. The van der Waals surface area contributed by atoms with Gasteiger partial charge in [-0.2, -0.15) is 13.2 Å². The molecule has 0 amide bonds. The largest absolute Gasteiger partial charge is 0.573 e. The molecule has 5 unspecified atom stereocenters. The van der Waals surface area contributed by atoms with Gasteiger partial charge in [-0.15, -0.1) is 13.2 Å². The van der Waals surface area contributed by atoms with Gasteiger partial charge in [-0.05, 0) is 83.8 Å². The summed E-state index contributed by atoms with van der Waals surface area (Å²) in [4.78, 5) is 0. The van der Waals surface area contributed by atoms with E-state index in [-0.39, 0.29) is 11.1 Å². The molecule has 0 saturated carbocycles. The van der Waals surface area contributed by atoms with Crippen LogP contribution in [0.2, 0.25) is 0 Å². The first-order valence-electron chi connectivity index (χ1n) is 22.2. The molecule has 0 aliphatic carbocycles. The van der Waals surface area contributed by atoms with E-state index in [0.717, 1.165) is 36.4 Å². The summed E-state index contributed by atoms with van der Waals surface area (Å²) in [6.07, 6.45) is -17.9. The highest BCUT2D eigenvalue weighted by Gasteiger charge is 2.41. The average molecular weight is 1560 g/mol. The molecule has 6 aromatic rings. The number of alkyl halides is 21. The van der Waals surface area contributed by atoms with E-state index >= 15 is 0 Å². The third-order valence-corrected chi connectivity index (χ3v) is 12.9. The molecule has 0 aliphatic rings. The molecule has 6 N–H and O–H groups in total. The number of rotatable bonds is 7. The van der Waals surface area contributed by atoms with Crippen molar-refractivity contribution in [1.29, 1.82) is 0 Å². The fourth-order valence-electron chi connectivity index (χ4n) is 5.58. The third-order valence-electron chi connectivity index (χ3n) is 9.85. The Labute approximate surface area is 558 Å². The summed E-state index contributed by atoms with van der Waals surface area (Å²) in [6, 6.07) is 21.7. The first kappa shape index (κ1) is 83.2. The van der Waals surface area contributed by atoms with Gasteiger partial charge in [-0.25, -0.2) is 39.5 Å². The van der Waals surface area contributed by atoms with E-state index in [0.29, 0.717) is 22.8 Å². The maximum atomic E-state index is 13.1. The smallest absolute Gasteiger partial charge is 0.406 e. The molecule has 0 saturated heterocycles. The predicted octanol–water partition coefficient (Wildman–Crippen LogP) is 20.4. The first-order chi connectivity index (χ1) is 39.2. The number of benzene rings is 6. The Hall–Kier alpha value is -1.82. The lowest BCUT2D eigenvalue weighted by molar-refractivity contribution is -0.274. The van der Waals surface area contributed by atoms with Crippen LogP contribution < -0.4 is 4.74 Å². The summed E-state index contributed by atoms with van der Waals surface area (Å²) in [5.41, 5.74) is -1.18. The van der Waals surface area contributed by atoms with Gasteiger partial charge in [0, 0.05) is 11.6 Å². The minimum Gasteiger partial charge on any atom is -0.406 e. The van der Waals surface area contributed by atoms with Crippen molar-refractivity contribution in [3.63, 3.8) is 0 Å². The normalized spacial score (nSPS) is 14.2. The maximum absolute atomic E-state index is 13.1. The predicted molar refractivity (Wildman–Crippen MR) is 307 cm³/mol. The van der Waals surface area contributed by atoms with E-state index in [9.17, 15) is 91.4 Å². The lowest BCUT2D eigenvalue weighted by Crippen LogP contribution is -2.21. The van der Waals surface area contributed by atoms with E-state index < -0.39 is 137 Å². The van der Waals surface area contributed by atoms with Crippen LogP contribution in [0.15, 0.2) is 115 Å². The molecule has 87 heavy (non-hydrogen) atoms. The molecular weight excluding hydrogens is 1530 g/mol. The van der Waals surface area contributed by atoms with Gasteiger partial charge >= 0.3 is 12.5 Å². The summed E-state index contributed by atoms with van der Waals surface area (Å²) >= 11 is 80.4. The summed E-state index contributed by atoms with van der Waals surface area (Å²) in [5, 5.41) is 56.0. The van der Waals surface area contributed by atoms with E-state index in [1.54, 1.807) is 0 Å². The topological polar surface area (TPSA) is 131 Å². The Balaban J connectivity index is 0.000000524. The van der Waals surface area contributed by atoms with Crippen molar-refractivity contribution >= 4 is 174 Å². The Morgan fingerprint density at radius 1 is 0.345 bits per heavy atom. The van der Waals surface area contributed by atoms with Crippen molar-refractivity contribution in [2.45, 2.75) is 75.0 Å². The van der Waals surface area contributed by atoms with Crippen LogP contribution in [-0.4, -0.2) is 56.0 Å². The standard InChI is InChI=1S/C9H6Cl3F3O2.C9H9F3O.C8H2Cl3F5O.C8H5Cl3F2O.2C8H6Cl3FO/c10-8(11,12)7(16)5-1-3-6(4-2-5)17-9(13,14)15;1-6(13)7-2-4-8(5-3-7)9(10,11)12;9-8(10,11)7(17)1-2(12)4(14)6(16)5(15)3(1)13;9-8(10,11)7(14)5-2-1-4(12)3-6(5)13;2*9-8(10,11)7(13)5-1-3-6(12)4-2-5/h1-4,7,16H;2-6,13H,1H3;7,17H;1-3,7,14H;2*1-4,7,13H/t;;;;7-;/m....1./s1. The van der Waals surface area contributed by atoms with Gasteiger partial charge in [0.15, 0.2) is 23.3 Å². The molecule has 6 rings (SSSR count). The number of aliphatic hydroxyl groups excluding tert-OH is 6. The molecule has 0 radical (unpaired) electrons. The number of ether oxygens (including phenoxy) is 1. The average Bonchev–Trinajstić information content (AvgIpc) is 1.22. The molecule has 0 fully saturated rings. The Bertz CT molecular complexity index is 2980. The summed E-state index contributed by atoms with van der Waals surface area (Å²) in [6.45, 7) is 1.50. The summed E-state index contributed by atoms with van der Waals surface area (Å²) < 4.78 is 180. The number of halogens is 30. The van der Waals surface area contributed by atoms with Crippen molar-refractivity contribution in [2.75, 3.05) is 0 Å². The Kier molecular flexibility index (Phi) is 33.4. The van der Waals surface area contributed by atoms with Gasteiger partial charge in [0.05, 0.1) is 17.2 Å². The summed E-state index contributed by atoms with van der Waals surface area (Å²) in [7, 11) is 0. The fraction of sp³-hybridized carbons (Fsp3) is 0.280. The van der Waals surface area contributed by atoms with E-state index in [4.69, 9.17) is 179 Å². The van der Waals surface area contributed by atoms with Gasteiger partial charge in [0.2, 0.25) is 24.8 Å². The second kappa shape index (κ2) is 34.9. The van der Waals surface area contributed by atoms with Crippen molar-refractivity contribution < 1.29 is 101 Å². The number of aliphatic hydroxyl groups is 6. The maximum Gasteiger partial charge on any atom is 0.573 e. The van der Waals surface area contributed by atoms with Crippen LogP contribution in [0.1, 0.15) is 82.5 Å². The van der Waals surface area contributed by atoms with E-state index in [1.165, 1.54) is 79.7 Å². The summed E-state index contributed by atoms with van der Waals surface area (Å²) in [5.74, 6) is -14.3. The lowest BCUT2D eigenvalue weighted by Gasteiger charge is -2.20. The van der Waals surface area contributed by atoms with Gasteiger partial charge in [0.1, 0.15) is 59.5 Å². The highest BCUT2D eigenvalue weighted by Crippen LogP contribution is 2.45. The first-order valence-corrected chi connectivity index (χ1v) is 27.8. The zero-order valence-corrected chi connectivity index (χ0v) is 53.2. The number of hydrogen-bond acceptors (Lipinski definition) is 7.